The van der Waals surface area contributed by atoms with Crippen LogP contribution in [0.25, 0.3) is 10.8 Å². The van der Waals surface area contributed by atoms with Crippen LogP contribution in [0.15, 0.2) is 55.1 Å². The van der Waals surface area contributed by atoms with Crippen LogP contribution in [0.4, 0.5) is 11.5 Å². The van der Waals surface area contributed by atoms with Crippen LogP contribution in [0.5, 0.6) is 6.01 Å². The molecule has 0 bridgehead atoms. The first-order valence-corrected chi connectivity index (χ1v) is 14.8. The largest absolute Gasteiger partial charge is 0.462 e. The molecule has 0 saturated carbocycles. The maximum absolute atomic E-state index is 12.5. The molecule has 41 heavy (non-hydrogen) atoms. The van der Waals surface area contributed by atoms with Crippen molar-refractivity contribution >= 4 is 28.2 Å². The summed E-state index contributed by atoms with van der Waals surface area (Å²) in [7, 11) is 2.15. The first-order valence-electron chi connectivity index (χ1n) is 14.8. The molecule has 2 aromatic carbocycles. The third kappa shape index (κ3) is 5.61. The van der Waals surface area contributed by atoms with E-state index >= 15 is 0 Å². The summed E-state index contributed by atoms with van der Waals surface area (Å²) in [4.78, 5) is 31.4. The van der Waals surface area contributed by atoms with Gasteiger partial charge < -0.3 is 29.4 Å². The molecule has 216 valence electrons. The lowest BCUT2D eigenvalue weighted by molar-refractivity contribution is -0.128. The number of ether oxygens (including phenoxy) is 1. The summed E-state index contributed by atoms with van der Waals surface area (Å²) in [5, 5.41) is 12.2. The molecule has 0 radical (unpaired) electrons. The fourth-order valence-corrected chi connectivity index (χ4v) is 6.62. The van der Waals surface area contributed by atoms with Crippen molar-refractivity contribution in [3.63, 3.8) is 0 Å². The van der Waals surface area contributed by atoms with Gasteiger partial charge in [0.25, 0.3) is 0 Å². The number of carbonyl (C=O) groups excluding carboxylic acids is 1. The molecule has 0 spiro atoms. The second-order valence-corrected chi connectivity index (χ2v) is 11.4. The first kappa shape index (κ1) is 27.5. The number of hydrogen-bond acceptors (Lipinski definition) is 8. The van der Waals surface area contributed by atoms with Gasteiger partial charge in [0.05, 0.1) is 18.3 Å². The van der Waals surface area contributed by atoms with Crippen LogP contribution in [-0.2, 0) is 17.8 Å². The molecule has 4 heterocycles. The van der Waals surface area contributed by atoms with E-state index in [-0.39, 0.29) is 18.6 Å². The molecule has 3 aromatic rings. The van der Waals surface area contributed by atoms with Crippen molar-refractivity contribution in [2.75, 3.05) is 62.8 Å². The second-order valence-electron chi connectivity index (χ2n) is 11.4. The highest BCUT2D eigenvalue weighted by molar-refractivity contribution is 5.94. The standard InChI is InChI=1S/C32H40N6O3/c1-3-30(40)38-18-17-37(20-24(38)14-19-39)31-27-13-16-36(29-12-6-9-23-8-4-5-11-26(23)29)21-28(27)33-32(34-31)41-22-25-10-7-15-35(25)2/h3-6,8-9,11-12,24-25,39H,1,7,10,13-22H2,2H3. The number of likely N-dealkylation sites (N-methyl/N-ethyl adjacent to an activating group) is 1. The van der Waals surface area contributed by atoms with E-state index in [2.05, 4.69) is 70.8 Å². The zero-order valence-corrected chi connectivity index (χ0v) is 23.9. The van der Waals surface area contributed by atoms with Crippen LogP contribution in [0.2, 0.25) is 0 Å². The van der Waals surface area contributed by atoms with Crippen molar-refractivity contribution in [3.05, 3.63) is 66.4 Å². The van der Waals surface area contributed by atoms with E-state index in [0.29, 0.717) is 51.3 Å². The lowest BCUT2D eigenvalue weighted by Gasteiger charge is -2.42. The molecular formula is C32H40N6O3. The number of aromatic nitrogens is 2. The quantitative estimate of drug-likeness (QED) is 0.424. The van der Waals surface area contributed by atoms with E-state index in [1.807, 2.05) is 4.90 Å². The number of amides is 1. The number of benzene rings is 2. The number of nitrogens with zero attached hydrogens (tertiary/aromatic N) is 6. The molecule has 2 unspecified atom stereocenters. The van der Waals surface area contributed by atoms with Crippen LogP contribution >= 0.6 is 0 Å². The van der Waals surface area contributed by atoms with Gasteiger partial charge in [-0.3, -0.25) is 4.79 Å². The number of fused-ring (bicyclic) bond motifs is 2. The van der Waals surface area contributed by atoms with E-state index < -0.39 is 0 Å². The number of rotatable bonds is 8. The summed E-state index contributed by atoms with van der Waals surface area (Å²) in [6.45, 7) is 8.69. The van der Waals surface area contributed by atoms with Gasteiger partial charge in [-0.15, -0.1) is 0 Å². The molecule has 1 amide bonds. The first-order chi connectivity index (χ1) is 20.1. The number of carbonyl (C=O) groups is 1. The van der Waals surface area contributed by atoms with Gasteiger partial charge in [0.2, 0.25) is 5.91 Å². The van der Waals surface area contributed by atoms with Crippen LogP contribution in [-0.4, -0.2) is 95.9 Å². The fourth-order valence-electron chi connectivity index (χ4n) is 6.62. The lowest BCUT2D eigenvalue weighted by Crippen LogP contribution is -2.55. The average molecular weight is 557 g/mol. The molecule has 2 fully saturated rings. The van der Waals surface area contributed by atoms with Crippen molar-refractivity contribution in [2.24, 2.45) is 0 Å². The Balaban J connectivity index is 1.32. The van der Waals surface area contributed by atoms with Crippen molar-refractivity contribution in [2.45, 2.75) is 44.3 Å². The highest BCUT2D eigenvalue weighted by Gasteiger charge is 2.33. The zero-order chi connectivity index (χ0) is 28.3. The minimum absolute atomic E-state index is 0.0184. The van der Waals surface area contributed by atoms with E-state index in [4.69, 9.17) is 14.7 Å². The molecule has 2 saturated heterocycles. The van der Waals surface area contributed by atoms with Gasteiger partial charge in [-0.2, -0.15) is 9.97 Å². The number of aliphatic hydroxyl groups excluding tert-OH is 1. The van der Waals surface area contributed by atoms with Crippen LogP contribution < -0.4 is 14.5 Å². The molecule has 3 aliphatic heterocycles. The van der Waals surface area contributed by atoms with Crippen molar-refractivity contribution < 1.29 is 14.6 Å². The fraction of sp³-hybridized carbons (Fsp3) is 0.469. The number of likely N-dealkylation sites (tertiary alicyclic amines) is 1. The topological polar surface area (TPSA) is 85.3 Å². The van der Waals surface area contributed by atoms with Crippen LogP contribution in [0, 0.1) is 0 Å². The molecular weight excluding hydrogens is 516 g/mol. The summed E-state index contributed by atoms with van der Waals surface area (Å²) in [5.41, 5.74) is 3.36. The number of anilines is 2. The van der Waals surface area contributed by atoms with Gasteiger partial charge >= 0.3 is 6.01 Å². The van der Waals surface area contributed by atoms with Crippen LogP contribution in [0.1, 0.15) is 30.5 Å². The maximum Gasteiger partial charge on any atom is 0.318 e. The molecule has 3 aliphatic rings. The summed E-state index contributed by atoms with van der Waals surface area (Å²) < 4.78 is 6.29. The Hall–Kier alpha value is -3.69. The van der Waals surface area contributed by atoms with E-state index in [1.54, 1.807) is 0 Å². The molecule has 2 atom stereocenters. The second kappa shape index (κ2) is 12.0. The smallest absolute Gasteiger partial charge is 0.318 e. The van der Waals surface area contributed by atoms with E-state index in [1.165, 1.54) is 29.0 Å². The monoisotopic (exact) mass is 556 g/mol. The molecule has 6 rings (SSSR count). The van der Waals surface area contributed by atoms with Gasteiger partial charge in [0, 0.05) is 55.5 Å². The Morgan fingerprint density at radius 1 is 1.07 bits per heavy atom. The lowest BCUT2D eigenvalue weighted by atomic mass is 10.0. The highest BCUT2D eigenvalue weighted by atomic mass is 16.5. The maximum atomic E-state index is 12.5. The van der Waals surface area contributed by atoms with E-state index in [0.717, 1.165) is 43.0 Å². The Kier molecular flexibility index (Phi) is 8.07. The zero-order valence-electron chi connectivity index (χ0n) is 23.9. The summed E-state index contributed by atoms with van der Waals surface area (Å²) in [6.07, 6.45) is 4.98. The highest BCUT2D eigenvalue weighted by Crippen LogP contribution is 2.35. The third-order valence-corrected chi connectivity index (χ3v) is 8.91. The van der Waals surface area contributed by atoms with E-state index in [9.17, 15) is 9.90 Å². The van der Waals surface area contributed by atoms with Crippen LogP contribution in [0.3, 0.4) is 0 Å². The Labute approximate surface area is 242 Å². The van der Waals surface area contributed by atoms with Gasteiger partial charge in [-0.1, -0.05) is 43.0 Å². The molecule has 1 N–H and O–H groups in total. The normalized spacial score (nSPS) is 21.3. The SMILES string of the molecule is C=CC(=O)N1CCN(c2nc(OCC3CCCN3C)nc3c2CCN(c2cccc4ccccc24)C3)CC1CCO. The van der Waals surface area contributed by atoms with Crippen molar-refractivity contribution in [1.29, 1.82) is 0 Å². The summed E-state index contributed by atoms with van der Waals surface area (Å²) in [6, 6.07) is 15.7. The Morgan fingerprint density at radius 2 is 1.93 bits per heavy atom. The van der Waals surface area contributed by atoms with Crippen molar-refractivity contribution in [1.82, 2.24) is 19.8 Å². The minimum atomic E-state index is -0.114. The molecule has 9 heteroatoms. The number of hydrogen-bond donors (Lipinski definition) is 1. The summed E-state index contributed by atoms with van der Waals surface area (Å²) >= 11 is 0. The number of piperazine rings is 1. The van der Waals surface area contributed by atoms with Crippen molar-refractivity contribution in [3.8, 4) is 6.01 Å². The van der Waals surface area contributed by atoms with Gasteiger partial charge in [-0.05, 0) is 56.8 Å². The Bertz CT molecular complexity index is 1410. The molecule has 9 nitrogen and oxygen atoms in total. The summed E-state index contributed by atoms with van der Waals surface area (Å²) in [5.74, 6) is 0.805. The third-order valence-electron chi connectivity index (χ3n) is 8.91. The number of aliphatic hydroxyl groups is 1. The molecule has 1 aromatic heterocycles. The average Bonchev–Trinajstić information content (AvgIpc) is 3.43. The molecule has 0 aliphatic carbocycles. The van der Waals surface area contributed by atoms with Gasteiger partial charge in [0.1, 0.15) is 12.4 Å². The van der Waals surface area contributed by atoms with Gasteiger partial charge in [0.15, 0.2) is 0 Å². The predicted molar refractivity (Wildman–Crippen MR) is 161 cm³/mol. The van der Waals surface area contributed by atoms with Gasteiger partial charge in [-0.25, -0.2) is 0 Å². The minimum Gasteiger partial charge on any atom is -0.462 e. The Morgan fingerprint density at radius 3 is 2.73 bits per heavy atom. The predicted octanol–water partition coefficient (Wildman–Crippen LogP) is 3.25.